The third kappa shape index (κ3) is 8.18. The number of ether oxygens (including phenoxy) is 2. The van der Waals surface area contributed by atoms with E-state index < -0.39 is 46.8 Å². The van der Waals surface area contributed by atoms with Gasteiger partial charge < -0.3 is 19.9 Å². The Kier molecular flexibility index (Phi) is 11.2. The molecule has 3 atom stereocenters. The third-order valence-electron chi connectivity index (χ3n) is 8.81. The average molecular weight is 703 g/mol. The van der Waals surface area contributed by atoms with Crippen LogP contribution in [0.15, 0.2) is 103 Å². The Hall–Kier alpha value is -4.94. The van der Waals surface area contributed by atoms with E-state index in [0.717, 1.165) is 28.8 Å². The molecule has 51 heavy (non-hydrogen) atoms. The van der Waals surface area contributed by atoms with Gasteiger partial charge in [-0.05, 0) is 40.4 Å². The van der Waals surface area contributed by atoms with Crippen LogP contribution in [0.2, 0.25) is 0 Å². The van der Waals surface area contributed by atoms with Gasteiger partial charge in [0.15, 0.2) is 29.6 Å². The van der Waals surface area contributed by atoms with Gasteiger partial charge >= 0.3 is 0 Å². The quantitative estimate of drug-likeness (QED) is 0.0827. The lowest BCUT2D eigenvalue weighted by atomic mass is 9.97. The van der Waals surface area contributed by atoms with E-state index in [2.05, 4.69) is 22.3 Å². The van der Waals surface area contributed by atoms with Crippen LogP contribution in [0.5, 0.6) is 0 Å². The normalized spacial score (nSPS) is 17.5. The summed E-state index contributed by atoms with van der Waals surface area (Å²) in [5.74, 6) is -12.6. The molecule has 1 aliphatic heterocycles. The van der Waals surface area contributed by atoms with Crippen LogP contribution in [0.4, 0.5) is 22.0 Å². The zero-order chi connectivity index (χ0) is 36.1. The molecule has 5 aromatic rings. The summed E-state index contributed by atoms with van der Waals surface area (Å²) >= 11 is 0. The van der Waals surface area contributed by atoms with Crippen LogP contribution in [0.3, 0.4) is 0 Å². The summed E-state index contributed by atoms with van der Waals surface area (Å²) in [6.07, 6.45) is -0.507. The number of hydrogen-bond donors (Lipinski definition) is 2. The molecule has 5 aromatic carbocycles. The van der Waals surface area contributed by atoms with Crippen molar-refractivity contribution in [2.75, 3.05) is 13.6 Å². The van der Waals surface area contributed by atoms with Gasteiger partial charge in [0.25, 0.3) is 5.91 Å². The smallest absolute Gasteiger partial charge is 0.257 e. The third-order valence-corrected chi connectivity index (χ3v) is 8.81. The lowest BCUT2D eigenvalue weighted by molar-refractivity contribution is -0.252. The number of carbonyl (C=O) groups is 1. The number of halogens is 5. The zero-order valence-corrected chi connectivity index (χ0v) is 27.6. The predicted molar refractivity (Wildman–Crippen MR) is 180 cm³/mol. The second kappa shape index (κ2) is 15.9. The lowest BCUT2D eigenvalue weighted by Crippen LogP contribution is -2.37. The molecule has 264 valence electrons. The molecule has 0 saturated carbocycles. The molecular formula is C40H35F5N2O4. The van der Waals surface area contributed by atoms with Gasteiger partial charge in [-0.25, -0.2) is 22.0 Å². The first-order chi connectivity index (χ1) is 24.6. The number of likely N-dealkylation sites (N-methyl/N-ethyl adjacent to an activating group) is 1. The Morgan fingerprint density at radius 3 is 2.02 bits per heavy atom. The number of nitrogens with one attached hydrogen (secondary N) is 1. The van der Waals surface area contributed by atoms with Gasteiger partial charge in [-0.3, -0.25) is 9.69 Å². The molecule has 1 amide bonds. The van der Waals surface area contributed by atoms with E-state index in [9.17, 15) is 31.9 Å². The van der Waals surface area contributed by atoms with E-state index in [1.807, 2.05) is 73.8 Å². The van der Waals surface area contributed by atoms with Gasteiger partial charge in [-0.2, -0.15) is 0 Å². The number of aliphatic hydroxyl groups excluding tert-OH is 1. The first-order valence-electron chi connectivity index (χ1n) is 16.3. The van der Waals surface area contributed by atoms with Crippen molar-refractivity contribution in [2.45, 2.75) is 44.6 Å². The van der Waals surface area contributed by atoms with Crippen LogP contribution < -0.4 is 5.32 Å². The minimum Gasteiger partial charge on any atom is -0.392 e. The Labute approximate surface area is 292 Å². The van der Waals surface area contributed by atoms with Gasteiger partial charge in [-0.1, -0.05) is 103 Å². The lowest BCUT2D eigenvalue weighted by Gasteiger charge is -2.38. The molecule has 2 N–H and O–H groups in total. The number of amides is 1. The van der Waals surface area contributed by atoms with E-state index in [-0.39, 0.29) is 25.4 Å². The fourth-order valence-electron chi connectivity index (χ4n) is 6.18. The highest BCUT2D eigenvalue weighted by molar-refractivity contribution is 5.95. The fraction of sp³-hybridized carbons (Fsp3) is 0.225. The van der Waals surface area contributed by atoms with E-state index in [4.69, 9.17) is 9.47 Å². The Bertz CT molecular complexity index is 1950. The molecule has 0 bridgehead atoms. The highest BCUT2D eigenvalue weighted by Crippen LogP contribution is 2.39. The van der Waals surface area contributed by atoms with Crippen molar-refractivity contribution in [3.8, 4) is 11.1 Å². The zero-order valence-electron chi connectivity index (χ0n) is 27.6. The molecule has 11 heteroatoms. The summed E-state index contributed by atoms with van der Waals surface area (Å²) in [5, 5.41) is 11.8. The van der Waals surface area contributed by atoms with Crippen LogP contribution >= 0.6 is 0 Å². The number of nitrogens with zero attached hydrogens (tertiary/aromatic N) is 1. The number of carbonyl (C=O) groups excluding carboxylic acids is 1. The van der Waals surface area contributed by atoms with Crippen molar-refractivity contribution < 1.29 is 41.3 Å². The Balaban J connectivity index is 1.19. The summed E-state index contributed by atoms with van der Waals surface area (Å²) < 4.78 is 82.3. The molecule has 0 aliphatic carbocycles. The monoisotopic (exact) mass is 702 g/mol. The number of hydrogen-bond acceptors (Lipinski definition) is 5. The molecule has 0 radical (unpaired) electrons. The van der Waals surface area contributed by atoms with Crippen molar-refractivity contribution in [2.24, 2.45) is 0 Å². The van der Waals surface area contributed by atoms with Crippen molar-refractivity contribution in [3.05, 3.63) is 166 Å². The van der Waals surface area contributed by atoms with E-state index in [1.54, 1.807) is 24.3 Å². The molecule has 3 unspecified atom stereocenters. The van der Waals surface area contributed by atoms with Crippen LogP contribution in [0.25, 0.3) is 11.1 Å². The number of aliphatic hydroxyl groups is 1. The van der Waals surface area contributed by atoms with Gasteiger partial charge in [0.2, 0.25) is 5.82 Å². The number of benzene rings is 5. The summed E-state index contributed by atoms with van der Waals surface area (Å²) in [4.78, 5) is 14.8. The molecule has 0 spiro atoms. The standard InChI is InChI=1S/C40H35F5N2O4/c1-47(21-24-7-3-2-4-8-24)22-30-19-32(27-13-11-25(23-48)12-14-27)51-40(50-30)28-17-15-26(16-18-28)31-10-6-5-9-29(31)20-46-39(49)33-34(41)36(43)38(45)37(44)35(33)42/h2-18,30,32,40,48H,19-23H2,1H3,(H,46,49). The summed E-state index contributed by atoms with van der Waals surface area (Å²) in [5.41, 5.74) is 4.13. The summed E-state index contributed by atoms with van der Waals surface area (Å²) in [6.45, 7) is 1.10. The fourth-order valence-corrected chi connectivity index (χ4v) is 6.18. The topological polar surface area (TPSA) is 71.0 Å². The van der Waals surface area contributed by atoms with E-state index in [1.165, 1.54) is 5.56 Å². The minimum absolute atomic E-state index is 0.0579. The van der Waals surface area contributed by atoms with Gasteiger partial charge in [0.05, 0.1) is 18.8 Å². The molecule has 6 rings (SSSR count). The second-order valence-corrected chi connectivity index (χ2v) is 12.4. The Morgan fingerprint density at radius 2 is 1.35 bits per heavy atom. The van der Waals surface area contributed by atoms with Crippen LogP contribution in [-0.4, -0.2) is 35.6 Å². The van der Waals surface area contributed by atoms with E-state index >= 15 is 0 Å². The first-order valence-corrected chi connectivity index (χ1v) is 16.3. The number of rotatable bonds is 11. The van der Waals surface area contributed by atoms with Crippen molar-refractivity contribution >= 4 is 5.91 Å². The highest BCUT2D eigenvalue weighted by atomic mass is 19.2. The van der Waals surface area contributed by atoms with Gasteiger partial charge in [-0.15, -0.1) is 0 Å². The largest absolute Gasteiger partial charge is 0.392 e. The van der Waals surface area contributed by atoms with Crippen molar-refractivity contribution in [1.82, 2.24) is 10.2 Å². The van der Waals surface area contributed by atoms with Gasteiger partial charge in [0, 0.05) is 31.6 Å². The SMILES string of the molecule is CN(Cc1ccccc1)CC1CC(c2ccc(CO)cc2)OC(c2ccc(-c3ccccc3CNC(=O)c3c(F)c(F)c(F)c(F)c3F)cc2)O1. The molecule has 1 heterocycles. The minimum atomic E-state index is -2.34. The second-order valence-electron chi connectivity index (χ2n) is 12.4. The van der Waals surface area contributed by atoms with Gasteiger partial charge in [0.1, 0.15) is 5.56 Å². The molecule has 1 fully saturated rings. The van der Waals surface area contributed by atoms with Crippen LogP contribution in [-0.2, 0) is 29.2 Å². The molecule has 1 aliphatic rings. The average Bonchev–Trinajstić information content (AvgIpc) is 3.16. The Morgan fingerprint density at radius 1 is 0.745 bits per heavy atom. The molecule has 1 saturated heterocycles. The summed E-state index contributed by atoms with van der Waals surface area (Å²) in [6, 6.07) is 32.2. The maximum Gasteiger partial charge on any atom is 0.257 e. The molecular weight excluding hydrogens is 667 g/mol. The maximum atomic E-state index is 14.2. The highest BCUT2D eigenvalue weighted by Gasteiger charge is 2.33. The van der Waals surface area contributed by atoms with Crippen molar-refractivity contribution in [3.63, 3.8) is 0 Å². The van der Waals surface area contributed by atoms with Crippen LogP contribution in [0, 0.1) is 29.1 Å². The molecule has 6 nitrogen and oxygen atoms in total. The summed E-state index contributed by atoms with van der Waals surface area (Å²) in [7, 11) is 2.05. The maximum absolute atomic E-state index is 14.2. The predicted octanol–water partition coefficient (Wildman–Crippen LogP) is 8.15. The van der Waals surface area contributed by atoms with E-state index in [0.29, 0.717) is 24.1 Å². The van der Waals surface area contributed by atoms with Crippen LogP contribution in [0.1, 0.15) is 57.0 Å². The van der Waals surface area contributed by atoms with Crippen molar-refractivity contribution in [1.29, 1.82) is 0 Å². The first kappa shape index (κ1) is 35.9. The molecule has 0 aromatic heterocycles.